The van der Waals surface area contributed by atoms with Crippen molar-refractivity contribution in [2.24, 2.45) is 11.8 Å². The maximum atomic E-state index is 12.3. The fourth-order valence-corrected chi connectivity index (χ4v) is 4.73. The lowest BCUT2D eigenvalue weighted by Crippen LogP contribution is -2.16. The summed E-state index contributed by atoms with van der Waals surface area (Å²) in [6.07, 6.45) is 5.98. The quantitative estimate of drug-likeness (QED) is 0.746. The van der Waals surface area contributed by atoms with Crippen LogP contribution in [0.2, 0.25) is 0 Å². The second kappa shape index (κ2) is 6.37. The smallest absolute Gasteiger partial charge is 0.267 e. The number of carbonyl (C=O) groups excluding carboxylic acids is 1. The van der Waals surface area contributed by atoms with E-state index in [0.29, 0.717) is 21.8 Å². The van der Waals surface area contributed by atoms with E-state index in [1.165, 1.54) is 47.5 Å². The first-order valence-electron chi connectivity index (χ1n) is 8.37. The molecule has 5 nitrogen and oxygen atoms in total. The van der Waals surface area contributed by atoms with Gasteiger partial charge in [-0.25, -0.2) is 0 Å². The van der Waals surface area contributed by atoms with E-state index in [1.807, 2.05) is 13.0 Å². The molecule has 2 unspecified atom stereocenters. The van der Waals surface area contributed by atoms with E-state index in [2.05, 4.69) is 20.9 Å². The summed E-state index contributed by atoms with van der Waals surface area (Å²) in [5.41, 5.74) is 2.13. The van der Waals surface area contributed by atoms with E-state index < -0.39 is 0 Å². The molecule has 2 fully saturated rings. The fraction of sp³-hybridized carbons (Fsp3) is 0.529. The fourth-order valence-electron chi connectivity index (χ4n) is 3.28. The Hall–Kier alpha value is -1.60. The van der Waals surface area contributed by atoms with Crippen molar-refractivity contribution in [1.82, 2.24) is 10.2 Å². The van der Waals surface area contributed by atoms with Crippen molar-refractivity contribution in [2.45, 2.75) is 44.9 Å². The number of amides is 1. The van der Waals surface area contributed by atoms with Crippen molar-refractivity contribution in [2.75, 3.05) is 5.32 Å². The first kappa shape index (κ1) is 15.9. The molecule has 0 bridgehead atoms. The third-order valence-corrected chi connectivity index (χ3v) is 6.69. The van der Waals surface area contributed by atoms with Gasteiger partial charge in [0.15, 0.2) is 0 Å². The number of rotatable bonds is 6. The lowest BCUT2D eigenvalue weighted by molar-refractivity contribution is 0.103. The molecule has 2 atom stereocenters. The summed E-state index contributed by atoms with van der Waals surface area (Å²) in [4.78, 5) is 13.0. The van der Waals surface area contributed by atoms with E-state index in [1.54, 1.807) is 0 Å². The van der Waals surface area contributed by atoms with Gasteiger partial charge in [-0.2, -0.15) is 0 Å². The van der Waals surface area contributed by atoms with Crippen LogP contribution in [0.15, 0.2) is 11.4 Å². The SMILES string of the molecule is Cc1nnc(NC(=O)c2cc(C3CC3C(=N)CC3CCC3)cs2)s1. The molecule has 2 saturated carbocycles. The maximum absolute atomic E-state index is 12.3. The molecular formula is C17H20N4OS2. The van der Waals surface area contributed by atoms with Crippen LogP contribution < -0.4 is 5.32 Å². The first-order chi connectivity index (χ1) is 11.6. The highest BCUT2D eigenvalue weighted by Gasteiger charge is 2.42. The van der Waals surface area contributed by atoms with E-state index in [-0.39, 0.29) is 5.91 Å². The minimum Gasteiger partial charge on any atom is -0.309 e. The summed E-state index contributed by atoms with van der Waals surface area (Å²) in [7, 11) is 0. The molecule has 0 saturated heterocycles. The van der Waals surface area contributed by atoms with Crippen molar-refractivity contribution in [3.8, 4) is 0 Å². The lowest BCUT2D eigenvalue weighted by Gasteiger charge is -2.25. The van der Waals surface area contributed by atoms with Crippen LogP contribution in [0, 0.1) is 24.2 Å². The number of carbonyl (C=O) groups is 1. The van der Waals surface area contributed by atoms with Gasteiger partial charge in [-0.1, -0.05) is 30.6 Å². The average molecular weight is 361 g/mol. The maximum Gasteiger partial charge on any atom is 0.267 e. The normalized spacial score (nSPS) is 22.9. The number of anilines is 1. The minimum atomic E-state index is -0.121. The van der Waals surface area contributed by atoms with Gasteiger partial charge in [-0.05, 0) is 48.6 Å². The van der Waals surface area contributed by atoms with Gasteiger partial charge < -0.3 is 5.41 Å². The van der Waals surface area contributed by atoms with Gasteiger partial charge in [0.05, 0.1) is 4.88 Å². The molecule has 0 spiro atoms. The summed E-state index contributed by atoms with van der Waals surface area (Å²) < 4.78 is 0. The van der Waals surface area contributed by atoms with Gasteiger partial charge in [-0.15, -0.1) is 21.5 Å². The molecule has 2 heterocycles. The highest BCUT2D eigenvalue weighted by Crippen LogP contribution is 2.50. The van der Waals surface area contributed by atoms with Crippen LogP contribution in [0.5, 0.6) is 0 Å². The van der Waals surface area contributed by atoms with Gasteiger partial charge in [0.2, 0.25) is 5.13 Å². The Balaban J connectivity index is 1.35. The Kier molecular flexibility index (Phi) is 4.22. The van der Waals surface area contributed by atoms with E-state index in [0.717, 1.165) is 29.5 Å². The zero-order valence-electron chi connectivity index (χ0n) is 13.5. The number of thiophene rings is 1. The minimum absolute atomic E-state index is 0.121. The van der Waals surface area contributed by atoms with Crippen molar-refractivity contribution < 1.29 is 4.79 Å². The largest absolute Gasteiger partial charge is 0.309 e. The molecule has 4 rings (SSSR count). The number of aryl methyl sites for hydroxylation is 1. The Labute approximate surface area is 149 Å². The summed E-state index contributed by atoms with van der Waals surface area (Å²) in [5.74, 6) is 1.49. The summed E-state index contributed by atoms with van der Waals surface area (Å²) in [6.45, 7) is 1.86. The Bertz CT molecular complexity index is 777. The lowest BCUT2D eigenvalue weighted by atomic mass is 9.81. The molecule has 0 aromatic carbocycles. The molecular weight excluding hydrogens is 340 g/mol. The van der Waals surface area contributed by atoms with Crippen LogP contribution in [-0.4, -0.2) is 21.8 Å². The number of hydrogen-bond acceptors (Lipinski definition) is 6. The van der Waals surface area contributed by atoms with E-state index in [9.17, 15) is 4.79 Å². The Morgan fingerprint density at radius 3 is 2.92 bits per heavy atom. The third-order valence-electron chi connectivity index (χ3n) is 4.99. The first-order valence-corrected chi connectivity index (χ1v) is 10.1. The van der Waals surface area contributed by atoms with E-state index in [4.69, 9.17) is 5.41 Å². The molecule has 7 heteroatoms. The van der Waals surface area contributed by atoms with Crippen molar-refractivity contribution in [1.29, 1.82) is 5.41 Å². The van der Waals surface area contributed by atoms with Crippen LogP contribution in [-0.2, 0) is 0 Å². The number of nitrogens with zero attached hydrogens (tertiary/aromatic N) is 2. The van der Waals surface area contributed by atoms with Crippen molar-refractivity contribution in [3.05, 3.63) is 26.9 Å². The zero-order valence-corrected chi connectivity index (χ0v) is 15.2. The van der Waals surface area contributed by atoms with Crippen LogP contribution in [0.4, 0.5) is 5.13 Å². The highest BCUT2D eigenvalue weighted by atomic mass is 32.1. The molecule has 2 aliphatic carbocycles. The average Bonchev–Trinajstić information content (AvgIpc) is 2.97. The number of hydrogen-bond donors (Lipinski definition) is 2. The van der Waals surface area contributed by atoms with Crippen molar-refractivity contribution in [3.63, 3.8) is 0 Å². The molecule has 2 aliphatic rings. The van der Waals surface area contributed by atoms with Gasteiger partial charge in [0, 0.05) is 11.6 Å². The zero-order chi connectivity index (χ0) is 16.7. The molecule has 0 radical (unpaired) electrons. The Morgan fingerprint density at radius 2 is 2.25 bits per heavy atom. The summed E-state index contributed by atoms with van der Waals surface area (Å²) in [5, 5.41) is 22.4. The molecule has 2 N–H and O–H groups in total. The Morgan fingerprint density at radius 1 is 1.42 bits per heavy atom. The van der Waals surface area contributed by atoms with Gasteiger partial charge in [0.25, 0.3) is 5.91 Å². The molecule has 126 valence electrons. The van der Waals surface area contributed by atoms with Crippen LogP contribution >= 0.6 is 22.7 Å². The molecule has 1 amide bonds. The van der Waals surface area contributed by atoms with E-state index >= 15 is 0 Å². The van der Waals surface area contributed by atoms with Crippen LogP contribution in [0.1, 0.15) is 58.3 Å². The second-order valence-electron chi connectivity index (χ2n) is 6.80. The molecule has 2 aromatic rings. The molecule has 24 heavy (non-hydrogen) atoms. The van der Waals surface area contributed by atoms with Gasteiger partial charge in [-0.3, -0.25) is 10.1 Å². The predicted molar refractivity (Wildman–Crippen MR) is 97.5 cm³/mol. The number of nitrogens with one attached hydrogen (secondary N) is 2. The highest BCUT2D eigenvalue weighted by molar-refractivity contribution is 7.15. The van der Waals surface area contributed by atoms with Crippen molar-refractivity contribution >= 4 is 39.4 Å². The summed E-state index contributed by atoms with van der Waals surface area (Å²) in [6, 6.07) is 1.98. The number of aromatic nitrogens is 2. The van der Waals surface area contributed by atoms with Gasteiger partial charge >= 0.3 is 0 Å². The van der Waals surface area contributed by atoms with Crippen LogP contribution in [0.25, 0.3) is 0 Å². The standard InChI is InChI=1S/C17H20N4OS2/c1-9-20-21-17(24-9)19-16(22)15-6-11(8-23-15)12-7-13(12)14(18)5-10-3-2-4-10/h6,8,10,12-13,18H,2-5,7H2,1H3,(H,19,21,22). The second-order valence-corrected chi connectivity index (χ2v) is 8.89. The monoisotopic (exact) mass is 360 g/mol. The molecule has 0 aliphatic heterocycles. The van der Waals surface area contributed by atoms with Gasteiger partial charge in [0.1, 0.15) is 5.01 Å². The topological polar surface area (TPSA) is 78.7 Å². The third kappa shape index (κ3) is 3.28. The molecule has 2 aromatic heterocycles. The summed E-state index contributed by atoms with van der Waals surface area (Å²) >= 11 is 2.85. The van der Waals surface area contributed by atoms with Crippen LogP contribution in [0.3, 0.4) is 0 Å². The predicted octanol–water partition coefficient (Wildman–Crippen LogP) is 4.47.